The molecule has 5 heteroatoms. The van der Waals surface area contributed by atoms with Crippen molar-refractivity contribution in [3.8, 4) is 0 Å². The summed E-state index contributed by atoms with van der Waals surface area (Å²) in [4.78, 5) is 20.5. The molecule has 0 atom stereocenters. The molecule has 2 rings (SSSR count). The third-order valence-corrected chi connectivity index (χ3v) is 3.21. The van der Waals surface area contributed by atoms with E-state index in [4.69, 9.17) is 0 Å². The predicted molar refractivity (Wildman–Crippen MR) is 70.5 cm³/mol. The van der Waals surface area contributed by atoms with Crippen LogP contribution in [0.2, 0.25) is 0 Å². The lowest BCUT2D eigenvalue weighted by Gasteiger charge is -2.32. The zero-order valence-corrected chi connectivity index (χ0v) is 10.8. The van der Waals surface area contributed by atoms with Crippen molar-refractivity contribution < 1.29 is 4.79 Å². The van der Waals surface area contributed by atoms with E-state index in [1.54, 1.807) is 18.3 Å². The van der Waals surface area contributed by atoms with E-state index in [2.05, 4.69) is 27.1 Å². The molecule has 18 heavy (non-hydrogen) atoms. The van der Waals surface area contributed by atoms with Crippen LogP contribution < -0.4 is 5.32 Å². The molecule has 0 aliphatic carbocycles. The molecular weight excluding hydrogens is 228 g/mol. The van der Waals surface area contributed by atoms with Crippen LogP contribution in [0.5, 0.6) is 0 Å². The molecule has 0 unspecified atom stereocenters. The van der Waals surface area contributed by atoms with Crippen LogP contribution in [0.15, 0.2) is 24.4 Å². The number of nitrogens with one attached hydrogen (secondary N) is 1. The van der Waals surface area contributed by atoms with E-state index < -0.39 is 0 Å². The van der Waals surface area contributed by atoms with Gasteiger partial charge in [0.1, 0.15) is 5.69 Å². The fraction of sp³-hybridized carbons (Fsp3) is 0.538. The molecule has 5 nitrogen and oxygen atoms in total. The fourth-order valence-corrected chi connectivity index (χ4v) is 1.99. The van der Waals surface area contributed by atoms with E-state index >= 15 is 0 Å². The SMILES string of the molecule is CN1CCN(CCNC(=O)c2ccccn2)CC1. The van der Waals surface area contributed by atoms with Gasteiger partial charge in [0, 0.05) is 45.5 Å². The number of hydrogen-bond donors (Lipinski definition) is 1. The topological polar surface area (TPSA) is 48.5 Å². The molecule has 1 saturated heterocycles. The lowest BCUT2D eigenvalue weighted by atomic mass is 10.3. The van der Waals surface area contributed by atoms with Gasteiger partial charge in [-0.3, -0.25) is 14.7 Å². The standard InChI is InChI=1S/C13H20N4O/c1-16-8-10-17(11-9-16)7-6-15-13(18)12-4-2-3-5-14-12/h2-5H,6-11H2,1H3,(H,15,18). The zero-order chi connectivity index (χ0) is 12.8. The van der Waals surface area contributed by atoms with Crippen LogP contribution in [0.3, 0.4) is 0 Å². The Hall–Kier alpha value is -1.46. The summed E-state index contributed by atoms with van der Waals surface area (Å²) in [5, 5.41) is 2.90. The van der Waals surface area contributed by atoms with E-state index in [1.165, 1.54) is 0 Å². The third kappa shape index (κ3) is 3.78. The average Bonchev–Trinajstić information content (AvgIpc) is 2.42. The molecule has 1 N–H and O–H groups in total. The first kappa shape index (κ1) is 13.0. The Morgan fingerprint density at radius 2 is 2.11 bits per heavy atom. The highest BCUT2D eigenvalue weighted by molar-refractivity contribution is 5.92. The lowest BCUT2D eigenvalue weighted by Crippen LogP contribution is -2.46. The molecule has 0 spiro atoms. The van der Waals surface area contributed by atoms with Crippen LogP contribution in [0.4, 0.5) is 0 Å². The number of amides is 1. The summed E-state index contributed by atoms with van der Waals surface area (Å²) in [5.74, 6) is -0.0928. The number of carbonyl (C=O) groups excluding carboxylic acids is 1. The van der Waals surface area contributed by atoms with E-state index in [-0.39, 0.29) is 5.91 Å². The first-order valence-electron chi connectivity index (χ1n) is 6.36. The number of likely N-dealkylation sites (N-methyl/N-ethyl adjacent to an activating group) is 1. The summed E-state index contributed by atoms with van der Waals surface area (Å²) >= 11 is 0. The Balaban J connectivity index is 1.68. The van der Waals surface area contributed by atoms with Gasteiger partial charge in [0.15, 0.2) is 0 Å². The van der Waals surface area contributed by atoms with Gasteiger partial charge in [-0.2, -0.15) is 0 Å². The summed E-state index contributed by atoms with van der Waals surface area (Å²) in [6, 6.07) is 5.36. The van der Waals surface area contributed by atoms with E-state index in [0.29, 0.717) is 12.2 Å². The van der Waals surface area contributed by atoms with Crippen molar-refractivity contribution in [3.05, 3.63) is 30.1 Å². The fourth-order valence-electron chi connectivity index (χ4n) is 1.99. The van der Waals surface area contributed by atoms with Crippen LogP contribution in [-0.4, -0.2) is 67.0 Å². The van der Waals surface area contributed by atoms with Gasteiger partial charge in [-0.1, -0.05) is 6.07 Å². The minimum atomic E-state index is -0.0928. The molecule has 1 aliphatic heterocycles. The van der Waals surface area contributed by atoms with E-state index in [1.807, 2.05) is 6.07 Å². The molecule has 1 amide bonds. The van der Waals surface area contributed by atoms with Crippen molar-refractivity contribution in [2.24, 2.45) is 0 Å². The first-order chi connectivity index (χ1) is 8.75. The van der Waals surface area contributed by atoms with Crippen LogP contribution in [-0.2, 0) is 0 Å². The second-order valence-electron chi connectivity index (χ2n) is 4.62. The zero-order valence-electron chi connectivity index (χ0n) is 10.8. The van der Waals surface area contributed by atoms with Crippen LogP contribution in [0.25, 0.3) is 0 Å². The molecule has 98 valence electrons. The van der Waals surface area contributed by atoms with Crippen molar-refractivity contribution in [2.75, 3.05) is 46.3 Å². The summed E-state index contributed by atoms with van der Waals surface area (Å²) in [6.45, 7) is 5.96. The number of pyridine rings is 1. The van der Waals surface area contributed by atoms with Gasteiger partial charge in [0.2, 0.25) is 0 Å². The molecule has 1 aliphatic rings. The van der Waals surface area contributed by atoms with Crippen LogP contribution >= 0.6 is 0 Å². The number of rotatable bonds is 4. The van der Waals surface area contributed by atoms with Crippen molar-refractivity contribution in [3.63, 3.8) is 0 Å². The number of carbonyl (C=O) groups is 1. The highest BCUT2D eigenvalue weighted by Crippen LogP contribution is 1.98. The number of nitrogens with zero attached hydrogens (tertiary/aromatic N) is 3. The smallest absolute Gasteiger partial charge is 0.269 e. The molecule has 0 saturated carbocycles. The van der Waals surface area contributed by atoms with Gasteiger partial charge in [-0.15, -0.1) is 0 Å². The molecule has 2 heterocycles. The maximum absolute atomic E-state index is 11.7. The lowest BCUT2D eigenvalue weighted by molar-refractivity contribution is 0.0936. The van der Waals surface area contributed by atoms with Gasteiger partial charge >= 0.3 is 0 Å². The first-order valence-corrected chi connectivity index (χ1v) is 6.36. The van der Waals surface area contributed by atoms with Crippen molar-refractivity contribution in [2.45, 2.75) is 0 Å². The summed E-state index contributed by atoms with van der Waals surface area (Å²) < 4.78 is 0. The minimum Gasteiger partial charge on any atom is -0.349 e. The highest BCUT2D eigenvalue weighted by atomic mass is 16.1. The van der Waals surface area contributed by atoms with E-state index in [0.717, 1.165) is 32.7 Å². The second kappa shape index (κ2) is 6.47. The average molecular weight is 248 g/mol. The predicted octanol–water partition coefficient (Wildman–Crippen LogP) is 0.0588. The number of piperazine rings is 1. The van der Waals surface area contributed by atoms with Crippen molar-refractivity contribution in [1.82, 2.24) is 20.1 Å². The maximum Gasteiger partial charge on any atom is 0.269 e. The van der Waals surface area contributed by atoms with Gasteiger partial charge in [-0.05, 0) is 19.2 Å². The van der Waals surface area contributed by atoms with E-state index in [9.17, 15) is 4.79 Å². The Morgan fingerprint density at radius 1 is 1.33 bits per heavy atom. The monoisotopic (exact) mass is 248 g/mol. The quantitative estimate of drug-likeness (QED) is 0.818. The summed E-state index contributed by atoms with van der Waals surface area (Å²) in [6.07, 6.45) is 1.63. The maximum atomic E-state index is 11.7. The van der Waals surface area contributed by atoms with Crippen LogP contribution in [0.1, 0.15) is 10.5 Å². The summed E-state index contributed by atoms with van der Waals surface area (Å²) in [5.41, 5.74) is 0.482. The molecule has 0 radical (unpaired) electrons. The highest BCUT2D eigenvalue weighted by Gasteiger charge is 2.13. The van der Waals surface area contributed by atoms with Gasteiger partial charge in [-0.25, -0.2) is 0 Å². The summed E-state index contributed by atoms with van der Waals surface area (Å²) in [7, 11) is 2.14. The van der Waals surface area contributed by atoms with Gasteiger partial charge in [0.25, 0.3) is 5.91 Å². The van der Waals surface area contributed by atoms with Gasteiger partial charge in [0.05, 0.1) is 0 Å². The molecule has 1 fully saturated rings. The van der Waals surface area contributed by atoms with Crippen LogP contribution in [0, 0.1) is 0 Å². The van der Waals surface area contributed by atoms with Crippen molar-refractivity contribution >= 4 is 5.91 Å². The largest absolute Gasteiger partial charge is 0.349 e. The number of hydrogen-bond acceptors (Lipinski definition) is 4. The molecule has 1 aromatic heterocycles. The Bertz CT molecular complexity index is 374. The Kier molecular flexibility index (Phi) is 4.66. The minimum absolute atomic E-state index is 0.0928. The molecule has 0 aromatic carbocycles. The van der Waals surface area contributed by atoms with Crippen molar-refractivity contribution in [1.29, 1.82) is 0 Å². The second-order valence-corrected chi connectivity index (χ2v) is 4.62. The van der Waals surface area contributed by atoms with Gasteiger partial charge < -0.3 is 10.2 Å². The Morgan fingerprint density at radius 3 is 2.78 bits per heavy atom. The molecular formula is C13H20N4O. The Labute approximate surface area is 108 Å². The number of aromatic nitrogens is 1. The third-order valence-electron chi connectivity index (χ3n) is 3.21. The normalized spacial score (nSPS) is 17.6. The molecule has 0 bridgehead atoms. The molecule has 1 aromatic rings.